The molecule has 0 saturated carbocycles. The van der Waals surface area contributed by atoms with Crippen LogP contribution in [0.15, 0.2) is 34.2 Å². The molecule has 0 fully saturated rings. The molecule has 1 N–H and O–H groups in total. The van der Waals surface area contributed by atoms with Crippen LogP contribution in [0.1, 0.15) is 16.8 Å². The van der Waals surface area contributed by atoms with Crippen LogP contribution in [-0.4, -0.2) is 30.0 Å². The summed E-state index contributed by atoms with van der Waals surface area (Å²) in [7, 11) is 1.78. The van der Waals surface area contributed by atoms with Crippen LogP contribution in [0.2, 0.25) is 0 Å². The Labute approximate surface area is 131 Å². The normalized spacial score (nSPS) is 11.0. The lowest BCUT2D eigenvalue weighted by atomic mass is 10.1. The summed E-state index contributed by atoms with van der Waals surface area (Å²) >= 11 is 1.47. The van der Waals surface area contributed by atoms with E-state index in [1.807, 2.05) is 32.0 Å². The Hall–Kier alpha value is -2.35. The molecule has 0 aliphatic rings. The first-order valence-electron chi connectivity index (χ1n) is 6.78. The topological polar surface area (TPSA) is 81.4 Å². The Balaban J connectivity index is 1.83. The molecule has 0 radical (unpaired) electrons. The maximum Gasteiger partial charge on any atom is 0.271 e. The molecule has 3 aromatic rings. The first-order valence-corrected chi connectivity index (χ1v) is 7.77. The quantitative estimate of drug-likeness (QED) is 0.739. The Morgan fingerprint density at radius 2 is 2.05 bits per heavy atom. The van der Waals surface area contributed by atoms with Gasteiger partial charge in [0, 0.05) is 24.6 Å². The van der Waals surface area contributed by atoms with Crippen molar-refractivity contribution in [2.75, 3.05) is 0 Å². The summed E-state index contributed by atoms with van der Waals surface area (Å²) in [6, 6.07) is 7.55. The van der Waals surface area contributed by atoms with Gasteiger partial charge in [-0.3, -0.25) is 9.89 Å². The van der Waals surface area contributed by atoms with E-state index in [9.17, 15) is 4.79 Å². The third-order valence-corrected chi connectivity index (χ3v) is 4.52. The average Bonchev–Trinajstić information content (AvgIpc) is 3.06. The zero-order valence-electron chi connectivity index (χ0n) is 12.6. The van der Waals surface area contributed by atoms with Gasteiger partial charge in [-0.1, -0.05) is 17.8 Å². The van der Waals surface area contributed by atoms with Crippen molar-refractivity contribution in [1.29, 1.82) is 0 Å². The molecule has 0 aliphatic heterocycles. The fourth-order valence-corrected chi connectivity index (χ4v) is 2.81. The molecule has 0 bridgehead atoms. The van der Waals surface area contributed by atoms with Gasteiger partial charge in [0.2, 0.25) is 5.16 Å². The lowest BCUT2D eigenvalue weighted by Crippen LogP contribution is -2.13. The van der Waals surface area contributed by atoms with E-state index in [0.717, 1.165) is 16.9 Å². The van der Waals surface area contributed by atoms with Gasteiger partial charge in [-0.15, -0.1) is 5.10 Å². The van der Waals surface area contributed by atoms with Gasteiger partial charge in [-0.05, 0) is 47.5 Å². The Kier molecular flexibility index (Phi) is 3.84. The Morgan fingerprint density at radius 1 is 1.23 bits per heavy atom. The molecule has 3 rings (SSSR count). The highest BCUT2D eigenvalue weighted by Crippen LogP contribution is 2.18. The second-order valence-corrected chi connectivity index (χ2v) is 6.04. The summed E-state index contributed by atoms with van der Waals surface area (Å²) in [5.41, 5.74) is 3.95. The van der Waals surface area contributed by atoms with Crippen molar-refractivity contribution in [3.8, 4) is 5.69 Å². The van der Waals surface area contributed by atoms with Crippen LogP contribution >= 0.6 is 11.8 Å². The second-order valence-electron chi connectivity index (χ2n) is 5.10. The number of aromatic nitrogens is 6. The predicted octanol–water partition coefficient (Wildman–Crippen LogP) is 1.60. The van der Waals surface area contributed by atoms with Gasteiger partial charge in [0.05, 0.1) is 5.69 Å². The molecule has 114 valence electrons. The van der Waals surface area contributed by atoms with Crippen LogP contribution < -0.4 is 5.56 Å². The standard InChI is InChI=1S/C14H16N6OS/c1-9-4-5-12(6-10(9)2)20-13(21)7-11(16-20)8-22-14-15-17-18-19(14)3/h4-7,16H,8H2,1-3H3. The Morgan fingerprint density at radius 3 is 2.73 bits per heavy atom. The summed E-state index contributed by atoms with van der Waals surface area (Å²) in [6.45, 7) is 4.08. The summed E-state index contributed by atoms with van der Waals surface area (Å²) in [4.78, 5) is 12.1. The molecule has 0 spiro atoms. The van der Waals surface area contributed by atoms with E-state index in [4.69, 9.17) is 0 Å². The van der Waals surface area contributed by atoms with Gasteiger partial charge in [-0.25, -0.2) is 9.36 Å². The van der Waals surface area contributed by atoms with Crippen molar-refractivity contribution < 1.29 is 0 Å². The molecule has 0 amide bonds. The number of nitrogens with zero attached hydrogens (tertiary/aromatic N) is 5. The summed E-state index contributed by atoms with van der Waals surface area (Å²) in [6.07, 6.45) is 0. The van der Waals surface area contributed by atoms with E-state index in [1.165, 1.54) is 17.3 Å². The van der Waals surface area contributed by atoms with Crippen LogP contribution in [0.25, 0.3) is 5.69 Å². The van der Waals surface area contributed by atoms with Crippen LogP contribution in [0, 0.1) is 13.8 Å². The number of tetrazole rings is 1. The van der Waals surface area contributed by atoms with E-state index in [2.05, 4.69) is 20.6 Å². The number of H-pyrrole nitrogens is 1. The molecule has 7 nitrogen and oxygen atoms in total. The molecular weight excluding hydrogens is 300 g/mol. The zero-order chi connectivity index (χ0) is 15.7. The molecule has 1 aromatic carbocycles. The highest BCUT2D eigenvalue weighted by atomic mass is 32.2. The minimum atomic E-state index is -0.0741. The number of rotatable bonds is 4. The Bertz CT molecular complexity index is 862. The smallest absolute Gasteiger partial charge is 0.271 e. The van der Waals surface area contributed by atoms with Crippen molar-refractivity contribution >= 4 is 11.8 Å². The lowest BCUT2D eigenvalue weighted by Gasteiger charge is -2.05. The molecular formula is C14H16N6OS. The highest BCUT2D eigenvalue weighted by Gasteiger charge is 2.09. The van der Waals surface area contributed by atoms with Gasteiger partial charge < -0.3 is 0 Å². The number of thioether (sulfide) groups is 1. The summed E-state index contributed by atoms with van der Waals surface area (Å²) in [5.74, 6) is 0.599. The van der Waals surface area contributed by atoms with Gasteiger partial charge in [0.1, 0.15) is 0 Å². The molecule has 22 heavy (non-hydrogen) atoms. The van der Waals surface area contributed by atoms with Crippen molar-refractivity contribution in [3.63, 3.8) is 0 Å². The van der Waals surface area contributed by atoms with Gasteiger partial charge in [0.15, 0.2) is 0 Å². The van der Waals surface area contributed by atoms with Crippen molar-refractivity contribution in [2.24, 2.45) is 7.05 Å². The van der Waals surface area contributed by atoms with Crippen LogP contribution in [0.3, 0.4) is 0 Å². The van der Waals surface area contributed by atoms with E-state index in [-0.39, 0.29) is 5.56 Å². The zero-order valence-corrected chi connectivity index (χ0v) is 13.4. The monoisotopic (exact) mass is 316 g/mol. The van der Waals surface area contributed by atoms with Crippen molar-refractivity contribution in [3.05, 3.63) is 51.4 Å². The molecule has 0 unspecified atom stereocenters. The first-order chi connectivity index (χ1) is 10.5. The van der Waals surface area contributed by atoms with E-state index in [1.54, 1.807) is 22.5 Å². The fourth-order valence-electron chi connectivity index (χ4n) is 2.06. The summed E-state index contributed by atoms with van der Waals surface area (Å²) < 4.78 is 3.15. The number of aromatic amines is 1. The maximum atomic E-state index is 12.1. The highest BCUT2D eigenvalue weighted by molar-refractivity contribution is 7.98. The van der Waals surface area contributed by atoms with Gasteiger partial charge in [-0.2, -0.15) is 0 Å². The van der Waals surface area contributed by atoms with Gasteiger partial charge >= 0.3 is 0 Å². The van der Waals surface area contributed by atoms with E-state index >= 15 is 0 Å². The SMILES string of the molecule is Cc1ccc(-n2[nH]c(CSc3nnnn3C)cc2=O)cc1C. The van der Waals surface area contributed by atoms with Crippen LogP contribution in [0.4, 0.5) is 0 Å². The third kappa shape index (κ3) is 2.82. The lowest BCUT2D eigenvalue weighted by molar-refractivity contribution is 0.664. The predicted molar refractivity (Wildman–Crippen MR) is 84.2 cm³/mol. The molecule has 2 heterocycles. The average molecular weight is 316 g/mol. The molecule has 2 aromatic heterocycles. The van der Waals surface area contributed by atoms with E-state index < -0.39 is 0 Å². The summed E-state index contributed by atoms with van der Waals surface area (Å²) in [5, 5.41) is 15.1. The molecule has 0 atom stereocenters. The molecule has 0 saturated heterocycles. The number of aryl methyl sites for hydroxylation is 3. The number of nitrogens with one attached hydrogen (secondary N) is 1. The number of benzene rings is 1. The number of hydrogen-bond acceptors (Lipinski definition) is 5. The third-order valence-electron chi connectivity index (χ3n) is 3.46. The molecule has 8 heteroatoms. The van der Waals surface area contributed by atoms with Crippen molar-refractivity contribution in [1.82, 2.24) is 30.0 Å². The largest absolute Gasteiger partial charge is 0.294 e. The van der Waals surface area contributed by atoms with Crippen LogP contribution in [0.5, 0.6) is 0 Å². The van der Waals surface area contributed by atoms with Crippen molar-refractivity contribution in [2.45, 2.75) is 24.8 Å². The second kappa shape index (κ2) is 5.80. The van der Waals surface area contributed by atoms with Gasteiger partial charge in [0.25, 0.3) is 5.56 Å². The van der Waals surface area contributed by atoms with E-state index in [0.29, 0.717) is 10.9 Å². The minimum Gasteiger partial charge on any atom is -0.294 e. The van der Waals surface area contributed by atoms with Crippen LogP contribution in [-0.2, 0) is 12.8 Å². The maximum absolute atomic E-state index is 12.1. The fraction of sp³-hybridized carbons (Fsp3) is 0.286. The molecule has 0 aliphatic carbocycles. The first kappa shape index (κ1) is 14.6. The minimum absolute atomic E-state index is 0.0741. The number of hydrogen-bond donors (Lipinski definition) is 1.